The molecule has 0 unspecified atom stereocenters. The molecule has 0 amide bonds. The summed E-state index contributed by atoms with van der Waals surface area (Å²) in [6, 6.07) is 11.3. The molecule has 0 spiro atoms. The summed E-state index contributed by atoms with van der Waals surface area (Å²) in [5.74, 6) is 0.445. The molecule has 6 heteroatoms. The van der Waals surface area contributed by atoms with Crippen molar-refractivity contribution in [1.82, 2.24) is 0 Å². The van der Waals surface area contributed by atoms with Gasteiger partial charge in [-0.25, -0.2) is 0 Å². The monoisotopic (exact) mass is 335 g/mol. The Morgan fingerprint density at radius 3 is 2.70 bits per heavy atom. The average molecular weight is 336 g/mol. The van der Waals surface area contributed by atoms with E-state index in [9.17, 15) is 14.9 Å². The largest absolute Gasteiger partial charge is 0.488 e. The van der Waals surface area contributed by atoms with E-state index in [0.29, 0.717) is 27.6 Å². The molecule has 0 fully saturated rings. The molecule has 0 bridgehead atoms. The summed E-state index contributed by atoms with van der Waals surface area (Å²) in [4.78, 5) is 21.1. The second-order valence-corrected chi connectivity index (χ2v) is 4.83. The topological polar surface area (TPSA) is 69.4 Å². The molecule has 0 atom stereocenters. The molecule has 0 saturated heterocycles. The highest BCUT2D eigenvalue weighted by Crippen LogP contribution is 2.25. The minimum atomic E-state index is -0.463. The van der Waals surface area contributed by atoms with Gasteiger partial charge in [-0.3, -0.25) is 14.9 Å². The lowest BCUT2D eigenvalue weighted by atomic mass is 10.2. The van der Waals surface area contributed by atoms with E-state index < -0.39 is 4.92 Å². The number of para-hydroxylation sites is 1. The Balaban J connectivity index is 2.20. The molecule has 102 valence electrons. The zero-order valence-electron chi connectivity index (χ0n) is 10.3. The summed E-state index contributed by atoms with van der Waals surface area (Å²) in [7, 11) is 0. The average Bonchev–Trinajstić information content (AvgIpc) is 2.46. The molecule has 0 aliphatic heterocycles. The number of nitrogens with zero attached hydrogens (tertiary/aromatic N) is 1. The first-order valence-corrected chi connectivity index (χ1v) is 6.51. The Morgan fingerprint density at radius 1 is 1.25 bits per heavy atom. The Kier molecular flexibility index (Phi) is 4.47. The van der Waals surface area contributed by atoms with E-state index in [1.165, 1.54) is 12.1 Å². The maximum absolute atomic E-state index is 10.9. The number of aldehydes is 1. The van der Waals surface area contributed by atoms with Crippen molar-refractivity contribution >= 4 is 27.9 Å². The fraction of sp³-hybridized carbons (Fsp3) is 0.0714. The molecule has 0 aliphatic carbocycles. The molecule has 20 heavy (non-hydrogen) atoms. The van der Waals surface area contributed by atoms with E-state index in [0.717, 1.165) is 0 Å². The quantitative estimate of drug-likeness (QED) is 0.474. The standard InChI is InChI=1S/C14H10BrNO4/c15-13-6-5-12(16(18)19)7-11(13)9-20-14-4-2-1-3-10(14)8-17/h1-8H,9H2. The molecular formula is C14H10BrNO4. The minimum absolute atomic E-state index is 0.00419. The van der Waals surface area contributed by atoms with E-state index in [1.807, 2.05) is 0 Å². The third-order valence-electron chi connectivity index (χ3n) is 2.67. The van der Waals surface area contributed by atoms with Crippen molar-refractivity contribution in [2.75, 3.05) is 0 Å². The van der Waals surface area contributed by atoms with Crippen LogP contribution < -0.4 is 4.74 Å². The second-order valence-electron chi connectivity index (χ2n) is 3.98. The fourth-order valence-electron chi connectivity index (χ4n) is 1.65. The van der Waals surface area contributed by atoms with Gasteiger partial charge in [0, 0.05) is 22.2 Å². The normalized spacial score (nSPS) is 10.1. The van der Waals surface area contributed by atoms with Crippen molar-refractivity contribution in [3.05, 3.63) is 68.2 Å². The second kappa shape index (κ2) is 6.29. The number of carbonyl (C=O) groups excluding carboxylic acids is 1. The van der Waals surface area contributed by atoms with Gasteiger partial charge in [0.1, 0.15) is 12.4 Å². The summed E-state index contributed by atoms with van der Waals surface area (Å²) >= 11 is 3.32. The predicted octanol–water partition coefficient (Wildman–Crippen LogP) is 3.75. The van der Waals surface area contributed by atoms with Crippen molar-refractivity contribution in [1.29, 1.82) is 0 Å². The molecule has 0 N–H and O–H groups in total. The Hall–Kier alpha value is -2.21. The summed E-state index contributed by atoms with van der Waals surface area (Å²) < 4.78 is 6.26. The van der Waals surface area contributed by atoms with Crippen molar-refractivity contribution < 1.29 is 14.5 Å². The van der Waals surface area contributed by atoms with Crippen LogP contribution in [0.4, 0.5) is 5.69 Å². The molecular weight excluding hydrogens is 326 g/mol. The summed E-state index contributed by atoms with van der Waals surface area (Å²) in [5, 5.41) is 10.7. The molecule has 0 aromatic heterocycles. The van der Waals surface area contributed by atoms with Gasteiger partial charge in [0.15, 0.2) is 6.29 Å². The van der Waals surface area contributed by atoms with Crippen LogP contribution in [0.25, 0.3) is 0 Å². The predicted molar refractivity (Wildman–Crippen MR) is 77.0 cm³/mol. The molecule has 0 heterocycles. The number of hydrogen-bond acceptors (Lipinski definition) is 4. The molecule has 0 saturated carbocycles. The Labute approximate surface area is 123 Å². The van der Waals surface area contributed by atoms with E-state index in [1.54, 1.807) is 30.3 Å². The number of ether oxygens (including phenoxy) is 1. The van der Waals surface area contributed by atoms with Gasteiger partial charge in [-0.2, -0.15) is 0 Å². The lowest BCUT2D eigenvalue weighted by molar-refractivity contribution is -0.385. The smallest absolute Gasteiger partial charge is 0.269 e. The van der Waals surface area contributed by atoms with Crippen LogP contribution in [0.2, 0.25) is 0 Å². The summed E-state index contributed by atoms with van der Waals surface area (Å²) in [5.41, 5.74) is 1.07. The first kappa shape index (κ1) is 14.2. The Bertz CT molecular complexity index is 657. The van der Waals surface area contributed by atoms with Gasteiger partial charge < -0.3 is 4.74 Å². The molecule has 2 aromatic carbocycles. The van der Waals surface area contributed by atoms with Crippen LogP contribution in [0.15, 0.2) is 46.9 Å². The van der Waals surface area contributed by atoms with Gasteiger partial charge in [-0.15, -0.1) is 0 Å². The zero-order valence-corrected chi connectivity index (χ0v) is 11.9. The number of nitro groups is 1. The van der Waals surface area contributed by atoms with Crippen LogP contribution in [0, 0.1) is 10.1 Å². The van der Waals surface area contributed by atoms with Crippen molar-refractivity contribution in [2.45, 2.75) is 6.61 Å². The van der Waals surface area contributed by atoms with Gasteiger partial charge in [0.05, 0.1) is 10.5 Å². The number of hydrogen-bond donors (Lipinski definition) is 0. The van der Waals surface area contributed by atoms with Crippen molar-refractivity contribution in [2.24, 2.45) is 0 Å². The SMILES string of the molecule is O=Cc1ccccc1OCc1cc([N+](=O)[O-])ccc1Br. The number of halogens is 1. The van der Waals surface area contributed by atoms with Crippen LogP contribution in [0.3, 0.4) is 0 Å². The highest BCUT2D eigenvalue weighted by atomic mass is 79.9. The van der Waals surface area contributed by atoms with Gasteiger partial charge in [0.2, 0.25) is 0 Å². The van der Waals surface area contributed by atoms with Crippen LogP contribution in [0.5, 0.6) is 5.75 Å². The van der Waals surface area contributed by atoms with Crippen molar-refractivity contribution in [3.63, 3.8) is 0 Å². The van der Waals surface area contributed by atoms with Gasteiger partial charge >= 0.3 is 0 Å². The van der Waals surface area contributed by atoms with E-state index in [4.69, 9.17) is 4.74 Å². The lowest BCUT2D eigenvalue weighted by Gasteiger charge is -2.09. The molecule has 2 aromatic rings. The number of carbonyl (C=O) groups is 1. The maximum Gasteiger partial charge on any atom is 0.269 e. The highest BCUT2D eigenvalue weighted by molar-refractivity contribution is 9.10. The fourth-order valence-corrected chi connectivity index (χ4v) is 2.01. The van der Waals surface area contributed by atoms with Gasteiger partial charge in [0.25, 0.3) is 5.69 Å². The first-order chi connectivity index (χ1) is 9.61. The van der Waals surface area contributed by atoms with Gasteiger partial charge in [-0.05, 0) is 18.2 Å². The third kappa shape index (κ3) is 3.21. The number of benzene rings is 2. The molecule has 2 rings (SSSR count). The zero-order chi connectivity index (χ0) is 14.5. The van der Waals surface area contributed by atoms with Gasteiger partial charge in [-0.1, -0.05) is 28.1 Å². The first-order valence-electron chi connectivity index (χ1n) is 5.71. The van der Waals surface area contributed by atoms with Crippen LogP contribution in [-0.2, 0) is 6.61 Å². The summed E-state index contributed by atoms with van der Waals surface area (Å²) in [6.45, 7) is 0.132. The number of nitro benzene ring substituents is 1. The van der Waals surface area contributed by atoms with Crippen LogP contribution in [-0.4, -0.2) is 11.2 Å². The van der Waals surface area contributed by atoms with E-state index in [-0.39, 0.29) is 12.3 Å². The minimum Gasteiger partial charge on any atom is -0.488 e. The Morgan fingerprint density at radius 2 is 2.00 bits per heavy atom. The van der Waals surface area contributed by atoms with Crippen LogP contribution in [0.1, 0.15) is 15.9 Å². The third-order valence-corrected chi connectivity index (χ3v) is 3.44. The van der Waals surface area contributed by atoms with E-state index >= 15 is 0 Å². The van der Waals surface area contributed by atoms with E-state index in [2.05, 4.69) is 15.9 Å². The number of rotatable bonds is 5. The number of non-ortho nitro benzene ring substituents is 1. The highest BCUT2D eigenvalue weighted by Gasteiger charge is 2.10. The van der Waals surface area contributed by atoms with Crippen molar-refractivity contribution in [3.8, 4) is 5.75 Å². The molecule has 0 aliphatic rings. The summed E-state index contributed by atoms with van der Waals surface area (Å²) in [6.07, 6.45) is 0.706. The molecule has 5 nitrogen and oxygen atoms in total. The maximum atomic E-state index is 10.9. The van der Waals surface area contributed by atoms with Crippen LogP contribution >= 0.6 is 15.9 Å². The lowest BCUT2D eigenvalue weighted by Crippen LogP contribution is -2.00. The molecule has 0 radical (unpaired) electrons.